The molecule has 0 radical (unpaired) electrons. The molecule has 0 saturated carbocycles. The van der Waals surface area contributed by atoms with Crippen LogP contribution in [-0.2, 0) is 0 Å². The molecule has 0 aliphatic carbocycles. The standard InChI is InChI=1S/C12H13Cl3O/c1-3-4-7(2)12(16)9-5-8(13)6-10(14)11(9)15/h5-7H,3-4H2,1-2H3. The van der Waals surface area contributed by atoms with Crippen LogP contribution in [0, 0.1) is 5.92 Å². The number of Topliss-reactive ketones (excluding diaryl/α,β-unsaturated/α-hetero) is 1. The lowest BCUT2D eigenvalue weighted by Crippen LogP contribution is -2.11. The molecular weight excluding hydrogens is 266 g/mol. The van der Waals surface area contributed by atoms with Crippen molar-refractivity contribution in [2.75, 3.05) is 0 Å². The number of benzene rings is 1. The molecule has 0 bridgehead atoms. The van der Waals surface area contributed by atoms with Gasteiger partial charge >= 0.3 is 0 Å². The first-order chi connectivity index (χ1) is 7.47. The molecular formula is C12H13Cl3O. The van der Waals surface area contributed by atoms with E-state index in [1.54, 1.807) is 6.07 Å². The summed E-state index contributed by atoms with van der Waals surface area (Å²) >= 11 is 17.7. The molecule has 0 amide bonds. The van der Waals surface area contributed by atoms with Crippen molar-refractivity contribution in [1.82, 2.24) is 0 Å². The first-order valence-corrected chi connectivity index (χ1v) is 6.29. The van der Waals surface area contributed by atoms with E-state index in [2.05, 4.69) is 0 Å². The highest BCUT2D eigenvalue weighted by molar-refractivity contribution is 6.45. The van der Waals surface area contributed by atoms with E-state index < -0.39 is 0 Å². The molecule has 1 aromatic carbocycles. The number of hydrogen-bond acceptors (Lipinski definition) is 1. The zero-order valence-corrected chi connectivity index (χ0v) is 11.5. The predicted molar refractivity (Wildman–Crippen MR) is 69.9 cm³/mol. The lowest BCUT2D eigenvalue weighted by atomic mass is 9.95. The van der Waals surface area contributed by atoms with E-state index in [1.807, 2.05) is 13.8 Å². The van der Waals surface area contributed by atoms with Crippen LogP contribution in [-0.4, -0.2) is 5.78 Å². The van der Waals surface area contributed by atoms with Crippen molar-refractivity contribution in [3.05, 3.63) is 32.8 Å². The van der Waals surface area contributed by atoms with Gasteiger partial charge in [0, 0.05) is 16.5 Å². The summed E-state index contributed by atoms with van der Waals surface area (Å²) in [5.41, 5.74) is 0.417. The number of ketones is 1. The maximum Gasteiger partial charge on any atom is 0.167 e. The Morgan fingerprint density at radius 3 is 2.50 bits per heavy atom. The SMILES string of the molecule is CCCC(C)C(=O)c1cc(Cl)cc(Cl)c1Cl. The van der Waals surface area contributed by atoms with Crippen LogP contribution < -0.4 is 0 Å². The fourth-order valence-electron chi connectivity index (χ4n) is 1.56. The van der Waals surface area contributed by atoms with E-state index in [9.17, 15) is 4.79 Å². The van der Waals surface area contributed by atoms with Crippen molar-refractivity contribution in [2.24, 2.45) is 5.92 Å². The lowest BCUT2D eigenvalue weighted by molar-refractivity contribution is 0.0923. The third kappa shape index (κ3) is 3.13. The van der Waals surface area contributed by atoms with Gasteiger partial charge in [0.25, 0.3) is 0 Å². The molecule has 88 valence electrons. The van der Waals surface area contributed by atoms with Gasteiger partial charge in [-0.2, -0.15) is 0 Å². The summed E-state index contributed by atoms with van der Waals surface area (Å²) in [5, 5.41) is 1.04. The summed E-state index contributed by atoms with van der Waals surface area (Å²) in [6.45, 7) is 3.92. The Labute approximate surface area is 111 Å². The Hall–Kier alpha value is -0.240. The largest absolute Gasteiger partial charge is 0.294 e. The number of rotatable bonds is 4. The molecule has 4 heteroatoms. The Kier molecular flexibility index (Phi) is 5.10. The molecule has 1 nitrogen and oxygen atoms in total. The fraction of sp³-hybridized carbons (Fsp3) is 0.417. The summed E-state index contributed by atoms with van der Waals surface area (Å²) in [5.74, 6) is -0.0618. The number of hydrogen-bond donors (Lipinski definition) is 0. The smallest absolute Gasteiger partial charge is 0.167 e. The molecule has 0 aromatic heterocycles. The van der Waals surface area contributed by atoms with Gasteiger partial charge in [-0.15, -0.1) is 0 Å². The van der Waals surface area contributed by atoms with Crippen LogP contribution >= 0.6 is 34.8 Å². The van der Waals surface area contributed by atoms with Crippen molar-refractivity contribution in [1.29, 1.82) is 0 Å². The first kappa shape index (κ1) is 13.8. The molecule has 0 aliphatic heterocycles. The molecule has 0 aliphatic rings. The maximum absolute atomic E-state index is 12.1. The average Bonchev–Trinajstić information content (AvgIpc) is 2.22. The van der Waals surface area contributed by atoms with E-state index >= 15 is 0 Å². The molecule has 1 aromatic rings. The van der Waals surface area contributed by atoms with Gasteiger partial charge < -0.3 is 0 Å². The minimum absolute atomic E-state index is 0.00347. The minimum atomic E-state index is -0.0583. The van der Waals surface area contributed by atoms with Crippen LogP contribution in [0.15, 0.2) is 12.1 Å². The summed E-state index contributed by atoms with van der Waals surface area (Å²) in [6, 6.07) is 3.11. The van der Waals surface area contributed by atoms with Gasteiger partial charge in [0.15, 0.2) is 5.78 Å². The molecule has 0 N–H and O–H groups in total. The second-order valence-electron chi connectivity index (χ2n) is 3.80. The average molecular weight is 280 g/mol. The Morgan fingerprint density at radius 2 is 1.94 bits per heavy atom. The summed E-state index contributed by atoms with van der Waals surface area (Å²) in [7, 11) is 0. The van der Waals surface area contributed by atoms with E-state index in [1.165, 1.54) is 6.07 Å². The second-order valence-corrected chi connectivity index (χ2v) is 5.02. The summed E-state index contributed by atoms with van der Waals surface area (Å²) in [6.07, 6.45) is 1.79. The van der Waals surface area contributed by atoms with Crippen molar-refractivity contribution in [3.63, 3.8) is 0 Å². The van der Waals surface area contributed by atoms with Crippen molar-refractivity contribution < 1.29 is 4.79 Å². The van der Waals surface area contributed by atoms with E-state index in [0.29, 0.717) is 20.6 Å². The molecule has 0 saturated heterocycles. The van der Waals surface area contributed by atoms with E-state index in [0.717, 1.165) is 12.8 Å². The highest BCUT2D eigenvalue weighted by Crippen LogP contribution is 2.31. The predicted octanol–water partition coefficient (Wildman–Crippen LogP) is 5.27. The molecule has 1 rings (SSSR count). The zero-order chi connectivity index (χ0) is 12.3. The molecule has 1 unspecified atom stereocenters. The maximum atomic E-state index is 12.1. The molecule has 1 atom stereocenters. The summed E-state index contributed by atoms with van der Waals surface area (Å²) in [4.78, 5) is 12.1. The Morgan fingerprint density at radius 1 is 1.31 bits per heavy atom. The van der Waals surface area contributed by atoms with Crippen molar-refractivity contribution in [3.8, 4) is 0 Å². The molecule has 16 heavy (non-hydrogen) atoms. The van der Waals surface area contributed by atoms with Crippen LogP contribution in [0.1, 0.15) is 37.0 Å². The molecule has 0 spiro atoms. The molecule has 0 heterocycles. The van der Waals surface area contributed by atoms with Crippen LogP contribution in [0.3, 0.4) is 0 Å². The zero-order valence-electron chi connectivity index (χ0n) is 9.19. The number of halogens is 3. The van der Waals surface area contributed by atoms with Gasteiger partial charge in [0.2, 0.25) is 0 Å². The second kappa shape index (κ2) is 5.90. The van der Waals surface area contributed by atoms with Gasteiger partial charge in [-0.3, -0.25) is 4.79 Å². The van der Waals surface area contributed by atoms with Gasteiger partial charge in [0.05, 0.1) is 10.0 Å². The number of carbonyl (C=O) groups excluding carboxylic acids is 1. The van der Waals surface area contributed by atoms with Gasteiger partial charge in [-0.25, -0.2) is 0 Å². The Balaban J connectivity index is 3.08. The third-order valence-electron chi connectivity index (χ3n) is 2.43. The van der Waals surface area contributed by atoms with Crippen molar-refractivity contribution in [2.45, 2.75) is 26.7 Å². The van der Waals surface area contributed by atoms with E-state index in [4.69, 9.17) is 34.8 Å². The van der Waals surface area contributed by atoms with Crippen LogP contribution in [0.4, 0.5) is 0 Å². The normalized spacial score (nSPS) is 12.6. The monoisotopic (exact) mass is 278 g/mol. The van der Waals surface area contributed by atoms with Crippen LogP contribution in [0.2, 0.25) is 15.1 Å². The minimum Gasteiger partial charge on any atom is -0.294 e. The van der Waals surface area contributed by atoms with Gasteiger partial charge in [0.1, 0.15) is 0 Å². The first-order valence-electron chi connectivity index (χ1n) is 5.16. The Bertz CT molecular complexity index is 401. The lowest BCUT2D eigenvalue weighted by Gasteiger charge is -2.11. The topological polar surface area (TPSA) is 17.1 Å². The van der Waals surface area contributed by atoms with Gasteiger partial charge in [-0.05, 0) is 18.6 Å². The summed E-state index contributed by atoms with van der Waals surface area (Å²) < 4.78 is 0. The fourth-order valence-corrected chi connectivity index (χ4v) is 2.26. The van der Waals surface area contributed by atoms with Gasteiger partial charge in [-0.1, -0.05) is 55.1 Å². The van der Waals surface area contributed by atoms with E-state index in [-0.39, 0.29) is 11.7 Å². The molecule has 0 fully saturated rings. The highest BCUT2D eigenvalue weighted by atomic mass is 35.5. The van der Waals surface area contributed by atoms with Crippen LogP contribution in [0.25, 0.3) is 0 Å². The third-order valence-corrected chi connectivity index (χ3v) is 3.45. The number of carbonyl (C=O) groups is 1. The highest BCUT2D eigenvalue weighted by Gasteiger charge is 2.19. The quantitative estimate of drug-likeness (QED) is 0.542. The van der Waals surface area contributed by atoms with Crippen molar-refractivity contribution >= 4 is 40.6 Å². The van der Waals surface area contributed by atoms with Crippen LogP contribution in [0.5, 0.6) is 0 Å².